The summed E-state index contributed by atoms with van der Waals surface area (Å²) >= 11 is 0. The van der Waals surface area contributed by atoms with E-state index in [-0.39, 0.29) is 0 Å². The number of anilines is 1. The molecule has 0 aromatic carbocycles. The monoisotopic (exact) mass is 273 g/mol. The number of nitrogens with one attached hydrogen (secondary N) is 1. The number of aromatic nitrogens is 5. The maximum Gasteiger partial charge on any atom is 0.223 e. The van der Waals surface area contributed by atoms with Crippen LogP contribution in [0.4, 0.5) is 5.95 Å². The Morgan fingerprint density at radius 2 is 2.10 bits per heavy atom. The van der Waals surface area contributed by atoms with Crippen LogP contribution in [0.5, 0.6) is 0 Å². The molecule has 106 valence electrons. The molecule has 1 N–H and O–H groups in total. The Balaban J connectivity index is 1.47. The van der Waals surface area contributed by atoms with E-state index >= 15 is 0 Å². The average molecular weight is 273 g/mol. The lowest BCUT2D eigenvalue weighted by molar-refractivity contribution is 0.304. The highest BCUT2D eigenvalue weighted by atomic mass is 15.5. The number of likely N-dealkylation sites (tertiary alicyclic amines) is 1. The topological polar surface area (TPSA) is 71.8 Å². The number of aryl methyl sites for hydroxylation is 1. The first-order valence-electron chi connectivity index (χ1n) is 6.92. The van der Waals surface area contributed by atoms with Crippen molar-refractivity contribution < 1.29 is 0 Å². The Hall–Kier alpha value is -2.02. The second kappa shape index (κ2) is 5.96. The van der Waals surface area contributed by atoms with Gasteiger partial charge in [-0.05, 0) is 19.4 Å². The van der Waals surface area contributed by atoms with Crippen molar-refractivity contribution in [3.05, 3.63) is 30.4 Å². The Labute approximate surface area is 118 Å². The van der Waals surface area contributed by atoms with Crippen LogP contribution in [0.15, 0.2) is 24.7 Å². The van der Waals surface area contributed by atoms with E-state index in [4.69, 9.17) is 0 Å². The molecule has 0 amide bonds. The SMILES string of the molecule is Cc1ccnc(NC2CCN(CCn3nccn3)C2)n1. The van der Waals surface area contributed by atoms with Crippen molar-refractivity contribution in [2.45, 2.75) is 25.9 Å². The first-order valence-corrected chi connectivity index (χ1v) is 6.92. The van der Waals surface area contributed by atoms with Gasteiger partial charge < -0.3 is 5.32 Å². The molecule has 7 heteroatoms. The third-order valence-electron chi connectivity index (χ3n) is 3.48. The smallest absolute Gasteiger partial charge is 0.223 e. The van der Waals surface area contributed by atoms with Crippen LogP contribution < -0.4 is 5.32 Å². The van der Waals surface area contributed by atoms with Crippen LogP contribution in [0, 0.1) is 6.92 Å². The lowest BCUT2D eigenvalue weighted by Crippen LogP contribution is -2.29. The van der Waals surface area contributed by atoms with Gasteiger partial charge >= 0.3 is 0 Å². The molecule has 0 aliphatic carbocycles. The molecular weight excluding hydrogens is 254 g/mol. The third-order valence-corrected chi connectivity index (χ3v) is 3.48. The minimum atomic E-state index is 0.419. The van der Waals surface area contributed by atoms with Gasteiger partial charge in [-0.3, -0.25) is 4.90 Å². The maximum absolute atomic E-state index is 4.38. The van der Waals surface area contributed by atoms with Gasteiger partial charge in [-0.2, -0.15) is 15.0 Å². The Kier molecular flexibility index (Phi) is 3.87. The highest BCUT2D eigenvalue weighted by Crippen LogP contribution is 2.13. The van der Waals surface area contributed by atoms with E-state index in [1.54, 1.807) is 23.4 Å². The second-order valence-electron chi connectivity index (χ2n) is 5.08. The van der Waals surface area contributed by atoms with Crippen molar-refractivity contribution >= 4 is 5.95 Å². The van der Waals surface area contributed by atoms with Crippen molar-refractivity contribution in [2.75, 3.05) is 25.0 Å². The predicted octanol–water partition coefficient (Wildman–Crippen LogP) is 0.563. The minimum absolute atomic E-state index is 0.419. The molecule has 0 bridgehead atoms. The summed E-state index contributed by atoms with van der Waals surface area (Å²) in [4.78, 5) is 12.8. The first kappa shape index (κ1) is 13.0. The zero-order valence-corrected chi connectivity index (χ0v) is 11.6. The summed E-state index contributed by atoms with van der Waals surface area (Å²) in [6, 6.07) is 2.32. The van der Waals surface area contributed by atoms with E-state index in [1.807, 2.05) is 13.0 Å². The van der Waals surface area contributed by atoms with Crippen molar-refractivity contribution in [3.8, 4) is 0 Å². The van der Waals surface area contributed by atoms with Gasteiger partial charge in [-0.25, -0.2) is 9.97 Å². The van der Waals surface area contributed by atoms with Gasteiger partial charge in [0, 0.05) is 37.6 Å². The molecule has 7 nitrogen and oxygen atoms in total. The van der Waals surface area contributed by atoms with Crippen LogP contribution in [-0.2, 0) is 6.54 Å². The van der Waals surface area contributed by atoms with Crippen molar-refractivity contribution in [3.63, 3.8) is 0 Å². The van der Waals surface area contributed by atoms with Crippen LogP contribution in [0.2, 0.25) is 0 Å². The predicted molar refractivity (Wildman–Crippen MR) is 75.3 cm³/mol. The van der Waals surface area contributed by atoms with Crippen molar-refractivity contribution in [1.82, 2.24) is 29.9 Å². The van der Waals surface area contributed by atoms with Gasteiger partial charge in [-0.1, -0.05) is 0 Å². The van der Waals surface area contributed by atoms with Gasteiger partial charge in [0.25, 0.3) is 0 Å². The number of hydrogen-bond acceptors (Lipinski definition) is 6. The van der Waals surface area contributed by atoms with Crippen LogP contribution in [-0.4, -0.2) is 55.5 Å². The standard InChI is InChI=1S/C13H19N7/c1-11-2-4-14-13(17-11)18-12-3-7-19(10-12)8-9-20-15-5-6-16-20/h2,4-6,12H,3,7-10H2,1H3,(H,14,17,18). The molecule has 0 spiro atoms. The fourth-order valence-electron chi connectivity index (χ4n) is 2.44. The molecule has 20 heavy (non-hydrogen) atoms. The van der Waals surface area contributed by atoms with Crippen LogP contribution >= 0.6 is 0 Å². The molecule has 1 aliphatic rings. The van der Waals surface area contributed by atoms with Gasteiger partial charge in [0.2, 0.25) is 5.95 Å². The number of hydrogen-bond donors (Lipinski definition) is 1. The highest BCUT2D eigenvalue weighted by molar-refractivity contribution is 5.27. The molecule has 1 atom stereocenters. The fourth-order valence-corrected chi connectivity index (χ4v) is 2.44. The molecule has 0 radical (unpaired) electrons. The van der Waals surface area contributed by atoms with E-state index in [9.17, 15) is 0 Å². The minimum Gasteiger partial charge on any atom is -0.350 e. The summed E-state index contributed by atoms with van der Waals surface area (Å²) in [5, 5.41) is 11.6. The summed E-state index contributed by atoms with van der Waals surface area (Å²) in [6.07, 6.45) is 6.33. The zero-order chi connectivity index (χ0) is 13.8. The summed E-state index contributed by atoms with van der Waals surface area (Å²) in [5.74, 6) is 0.727. The van der Waals surface area contributed by atoms with Crippen molar-refractivity contribution in [1.29, 1.82) is 0 Å². The molecule has 1 fully saturated rings. The lowest BCUT2D eigenvalue weighted by atomic mass is 10.3. The molecule has 0 saturated carbocycles. The number of rotatable bonds is 5. The summed E-state index contributed by atoms with van der Waals surface area (Å²) in [7, 11) is 0. The molecular formula is C13H19N7. The molecule has 3 heterocycles. The summed E-state index contributed by atoms with van der Waals surface area (Å²) < 4.78 is 0. The van der Waals surface area contributed by atoms with E-state index in [2.05, 4.69) is 30.4 Å². The zero-order valence-electron chi connectivity index (χ0n) is 11.6. The normalized spacial score (nSPS) is 19.4. The largest absolute Gasteiger partial charge is 0.350 e. The van der Waals surface area contributed by atoms with Gasteiger partial charge in [0.1, 0.15) is 0 Å². The van der Waals surface area contributed by atoms with Crippen molar-refractivity contribution in [2.24, 2.45) is 0 Å². The van der Waals surface area contributed by atoms with Crippen LogP contribution in [0.25, 0.3) is 0 Å². The molecule has 1 aliphatic heterocycles. The van der Waals surface area contributed by atoms with Gasteiger partial charge in [-0.15, -0.1) is 0 Å². The molecule has 1 saturated heterocycles. The quantitative estimate of drug-likeness (QED) is 0.858. The highest BCUT2D eigenvalue weighted by Gasteiger charge is 2.22. The fraction of sp³-hybridized carbons (Fsp3) is 0.538. The Bertz CT molecular complexity index is 539. The van der Waals surface area contributed by atoms with E-state index in [0.29, 0.717) is 6.04 Å². The van der Waals surface area contributed by atoms with Crippen LogP contribution in [0.1, 0.15) is 12.1 Å². The van der Waals surface area contributed by atoms with E-state index in [0.717, 1.165) is 44.2 Å². The maximum atomic E-state index is 4.38. The van der Waals surface area contributed by atoms with E-state index in [1.165, 1.54) is 0 Å². The van der Waals surface area contributed by atoms with E-state index < -0.39 is 0 Å². The molecule has 2 aromatic heterocycles. The Morgan fingerprint density at radius 1 is 1.25 bits per heavy atom. The molecule has 2 aromatic rings. The summed E-state index contributed by atoms with van der Waals surface area (Å²) in [5.41, 5.74) is 0.988. The van der Waals surface area contributed by atoms with Crippen LogP contribution in [0.3, 0.4) is 0 Å². The second-order valence-corrected chi connectivity index (χ2v) is 5.08. The average Bonchev–Trinajstić information content (AvgIpc) is 3.07. The molecule has 3 rings (SSSR count). The number of nitrogens with zero attached hydrogens (tertiary/aromatic N) is 6. The van der Waals surface area contributed by atoms with Gasteiger partial charge in [0.15, 0.2) is 0 Å². The first-order chi connectivity index (χ1) is 9.79. The van der Waals surface area contributed by atoms with Gasteiger partial charge in [0.05, 0.1) is 18.9 Å². The third kappa shape index (κ3) is 3.30. The summed E-state index contributed by atoms with van der Waals surface area (Å²) in [6.45, 7) is 5.89. The lowest BCUT2D eigenvalue weighted by Gasteiger charge is -2.16. The molecule has 1 unspecified atom stereocenters. The Morgan fingerprint density at radius 3 is 2.90 bits per heavy atom.